The summed E-state index contributed by atoms with van der Waals surface area (Å²) in [7, 11) is 0. The smallest absolute Gasteiger partial charge is 0.326 e. The lowest BCUT2D eigenvalue weighted by Gasteiger charge is -2.33. The summed E-state index contributed by atoms with van der Waals surface area (Å²) < 4.78 is 5.55. The summed E-state index contributed by atoms with van der Waals surface area (Å²) in [6.07, 6.45) is -0.0307. The SMILES string of the molecule is CCSCC[C@H](NC(=O)Nc1ccc(CNC(=O)CN2CCN(CC(=O)O)CCN(CC(=O)O)CCN3CC(=O)OC3C2)cc1)C(=O)CCC(=O)N[C@@H](CCCCN1C(=O)CC(C)C1=O)C(=O)O. The summed E-state index contributed by atoms with van der Waals surface area (Å²) in [5.74, 6) is -4.73. The standard InChI is InChI=1S/C44H65N9O14S/c1-3-68-21-13-32(34(54)11-12-35(55)47-33(43(64)65)6-4-5-14-53-37(57)22-29(2)42(53)63)48-44(66)46-31-9-7-30(8-10-31)23-45-36(56)24-51-18-17-49(26-39(58)59)15-16-50(27-40(60)61)19-20-52-28-41(62)67-38(52)25-51/h7-10,29,32-33,38H,3-6,11-28H2,1-2H3,(H,45,56)(H,47,55)(H,58,59)(H,60,61)(H,64,65)(H2,46,48,66)/t29?,32-,33-,38?/m0/s1. The van der Waals surface area contributed by atoms with Gasteiger partial charge >= 0.3 is 29.9 Å². The van der Waals surface area contributed by atoms with Crippen LogP contribution in [0.4, 0.5) is 10.5 Å². The molecule has 1 aromatic carbocycles. The van der Waals surface area contributed by atoms with Gasteiger partial charge in [-0.2, -0.15) is 11.8 Å². The molecule has 0 bridgehead atoms. The van der Waals surface area contributed by atoms with E-state index in [1.807, 2.05) is 6.92 Å². The number of fused-ring (bicyclic) bond motifs is 1. The quantitative estimate of drug-likeness (QED) is 0.0376. The number of anilines is 1. The molecule has 3 fully saturated rings. The van der Waals surface area contributed by atoms with Crippen molar-refractivity contribution in [1.82, 2.24) is 40.4 Å². The molecule has 23 nitrogen and oxygen atoms in total. The molecule has 0 aromatic heterocycles. The Morgan fingerprint density at radius 2 is 1.43 bits per heavy atom. The van der Waals surface area contributed by atoms with E-state index in [-0.39, 0.29) is 121 Å². The van der Waals surface area contributed by atoms with Gasteiger partial charge in [0, 0.05) is 83.2 Å². The lowest BCUT2D eigenvalue weighted by molar-refractivity contribution is -0.143. The molecule has 376 valence electrons. The molecule has 7 N–H and O–H groups in total. The molecule has 0 saturated carbocycles. The highest BCUT2D eigenvalue weighted by molar-refractivity contribution is 7.99. The molecule has 68 heavy (non-hydrogen) atoms. The summed E-state index contributed by atoms with van der Waals surface area (Å²) in [6, 6.07) is 3.80. The lowest BCUT2D eigenvalue weighted by Crippen LogP contribution is -2.51. The molecule has 6 amide bonds. The van der Waals surface area contributed by atoms with Crippen LogP contribution in [0, 0.1) is 5.92 Å². The number of carbonyl (C=O) groups is 10. The van der Waals surface area contributed by atoms with E-state index < -0.39 is 59.9 Å². The van der Waals surface area contributed by atoms with Crippen molar-refractivity contribution in [2.24, 2.45) is 5.92 Å². The number of urea groups is 1. The molecule has 0 spiro atoms. The van der Waals surface area contributed by atoms with E-state index >= 15 is 0 Å². The predicted octanol–water partition coefficient (Wildman–Crippen LogP) is -0.306. The van der Waals surface area contributed by atoms with Crippen molar-refractivity contribution >= 4 is 76.8 Å². The van der Waals surface area contributed by atoms with Crippen molar-refractivity contribution < 1.29 is 68.0 Å². The first-order valence-corrected chi connectivity index (χ1v) is 24.0. The average molecular weight is 976 g/mol. The molecule has 3 aliphatic heterocycles. The topological polar surface area (TPSA) is 305 Å². The zero-order valence-corrected chi connectivity index (χ0v) is 39.5. The second kappa shape index (κ2) is 28.0. The number of esters is 1. The Morgan fingerprint density at radius 1 is 0.779 bits per heavy atom. The van der Waals surface area contributed by atoms with E-state index in [0.29, 0.717) is 49.4 Å². The number of Topliss-reactive ketones (excluding diaryl/α,β-unsaturated/α-hetero) is 1. The van der Waals surface area contributed by atoms with Crippen LogP contribution in [0.1, 0.15) is 64.4 Å². The fourth-order valence-electron chi connectivity index (χ4n) is 7.91. The Kier molecular flexibility index (Phi) is 22.6. The maximum Gasteiger partial charge on any atom is 0.326 e. The van der Waals surface area contributed by atoms with Gasteiger partial charge in [0.1, 0.15) is 6.04 Å². The van der Waals surface area contributed by atoms with Crippen molar-refractivity contribution in [3.05, 3.63) is 29.8 Å². The van der Waals surface area contributed by atoms with Crippen LogP contribution < -0.4 is 21.3 Å². The first kappa shape index (κ1) is 54.9. The van der Waals surface area contributed by atoms with Crippen LogP contribution in [0.15, 0.2) is 24.3 Å². The van der Waals surface area contributed by atoms with Gasteiger partial charge in [-0.1, -0.05) is 26.0 Å². The van der Waals surface area contributed by atoms with E-state index in [1.165, 1.54) is 4.90 Å². The monoisotopic (exact) mass is 975 g/mol. The number of aliphatic carboxylic acids is 3. The van der Waals surface area contributed by atoms with Crippen LogP contribution in [-0.4, -0.2) is 207 Å². The van der Waals surface area contributed by atoms with E-state index in [2.05, 4.69) is 21.3 Å². The molecule has 3 saturated heterocycles. The normalized spacial score (nSPS) is 19.7. The second-order valence-corrected chi connectivity index (χ2v) is 18.4. The highest BCUT2D eigenvalue weighted by Crippen LogP contribution is 2.20. The Labute approximate surface area is 399 Å². The third-order valence-electron chi connectivity index (χ3n) is 11.7. The number of nitrogens with zero attached hydrogens (tertiary/aromatic N) is 5. The van der Waals surface area contributed by atoms with Crippen LogP contribution in [0.25, 0.3) is 0 Å². The Morgan fingerprint density at radius 3 is 2.03 bits per heavy atom. The van der Waals surface area contributed by atoms with Crippen LogP contribution >= 0.6 is 11.8 Å². The number of carboxylic acid groups (broad SMARTS) is 3. The van der Waals surface area contributed by atoms with E-state index in [1.54, 1.807) is 62.6 Å². The van der Waals surface area contributed by atoms with Crippen molar-refractivity contribution in [3.63, 3.8) is 0 Å². The molecule has 3 aliphatic rings. The average Bonchev–Trinajstić information content (AvgIpc) is 3.75. The summed E-state index contributed by atoms with van der Waals surface area (Å²) >= 11 is 1.57. The fourth-order valence-corrected chi connectivity index (χ4v) is 8.60. The van der Waals surface area contributed by atoms with Crippen LogP contribution in [0.3, 0.4) is 0 Å². The summed E-state index contributed by atoms with van der Waals surface area (Å²) in [6.45, 7) is 5.18. The van der Waals surface area contributed by atoms with Crippen LogP contribution in [-0.2, 0) is 54.4 Å². The molecule has 4 rings (SSSR count). The number of amides is 6. The molecule has 0 radical (unpaired) electrons. The Hall–Kier alpha value is -5.69. The summed E-state index contributed by atoms with van der Waals surface area (Å²) in [4.78, 5) is 132. The van der Waals surface area contributed by atoms with Crippen molar-refractivity contribution in [3.8, 4) is 0 Å². The van der Waals surface area contributed by atoms with Gasteiger partial charge in [-0.3, -0.25) is 62.9 Å². The maximum absolute atomic E-state index is 13.3. The molecular weight excluding hydrogens is 911 g/mol. The zero-order chi connectivity index (χ0) is 49.8. The minimum atomic E-state index is -1.26. The van der Waals surface area contributed by atoms with Gasteiger partial charge in [-0.25, -0.2) is 9.59 Å². The van der Waals surface area contributed by atoms with Gasteiger partial charge in [-0.15, -0.1) is 0 Å². The first-order valence-electron chi connectivity index (χ1n) is 22.8. The minimum absolute atomic E-state index is 0.0123. The Bertz CT molecular complexity index is 1960. The number of unbranched alkanes of at least 4 members (excludes halogenated alkanes) is 1. The molecule has 4 atom stereocenters. The molecule has 1 aromatic rings. The maximum atomic E-state index is 13.3. The molecule has 0 aliphatic carbocycles. The van der Waals surface area contributed by atoms with Gasteiger partial charge in [-0.05, 0) is 54.9 Å². The number of imide groups is 1. The number of thioether (sulfide) groups is 1. The number of ether oxygens (including phenoxy) is 1. The van der Waals surface area contributed by atoms with Crippen molar-refractivity contribution in [2.75, 3.05) is 95.4 Å². The van der Waals surface area contributed by atoms with Gasteiger partial charge in [0.2, 0.25) is 23.6 Å². The molecule has 2 unspecified atom stereocenters. The van der Waals surface area contributed by atoms with E-state index in [9.17, 15) is 63.3 Å². The first-order chi connectivity index (χ1) is 32.4. The van der Waals surface area contributed by atoms with Gasteiger partial charge in [0.15, 0.2) is 12.0 Å². The van der Waals surface area contributed by atoms with Gasteiger partial charge < -0.3 is 41.3 Å². The van der Waals surface area contributed by atoms with E-state index in [4.69, 9.17) is 4.74 Å². The van der Waals surface area contributed by atoms with Crippen molar-refractivity contribution in [1.29, 1.82) is 0 Å². The summed E-state index contributed by atoms with van der Waals surface area (Å²) in [5, 5.41) is 39.3. The number of rotatable bonds is 25. The number of hydrogen-bond acceptors (Lipinski definition) is 16. The fraction of sp³-hybridized carbons (Fsp3) is 0.636. The summed E-state index contributed by atoms with van der Waals surface area (Å²) in [5.41, 5.74) is 1.09. The highest BCUT2D eigenvalue weighted by atomic mass is 32.2. The highest BCUT2D eigenvalue weighted by Gasteiger charge is 2.36. The third-order valence-corrected chi connectivity index (χ3v) is 12.6. The molecular formula is C44H65N9O14S. The number of hydrogen-bond donors (Lipinski definition) is 7. The van der Waals surface area contributed by atoms with Gasteiger partial charge in [0.25, 0.3) is 0 Å². The van der Waals surface area contributed by atoms with Gasteiger partial charge in [0.05, 0.1) is 38.8 Å². The Balaban J connectivity index is 1.25. The second-order valence-electron chi connectivity index (χ2n) is 17.0. The molecule has 3 heterocycles. The van der Waals surface area contributed by atoms with E-state index in [0.717, 1.165) is 5.75 Å². The zero-order valence-electron chi connectivity index (χ0n) is 38.7. The number of ketones is 1. The minimum Gasteiger partial charge on any atom is -0.480 e. The largest absolute Gasteiger partial charge is 0.480 e. The number of benzene rings is 1. The number of likely N-dealkylation sites (tertiary alicyclic amines) is 1. The number of carboxylic acids is 3. The third kappa shape index (κ3) is 19.1. The lowest BCUT2D eigenvalue weighted by atomic mass is 10.0. The van der Waals surface area contributed by atoms with Crippen LogP contribution in [0.5, 0.6) is 0 Å². The number of nitrogens with one attached hydrogen (secondary N) is 4. The molecule has 24 heteroatoms. The number of carbonyl (C=O) groups excluding carboxylic acids is 7. The predicted molar refractivity (Wildman–Crippen MR) is 246 cm³/mol. The van der Waals surface area contributed by atoms with Crippen molar-refractivity contribution in [2.45, 2.75) is 83.6 Å². The van der Waals surface area contributed by atoms with Crippen LogP contribution in [0.2, 0.25) is 0 Å².